The van der Waals surface area contributed by atoms with Crippen LogP contribution in [0.15, 0.2) is 42.7 Å². The third-order valence-corrected chi connectivity index (χ3v) is 3.89. The molecule has 1 unspecified atom stereocenters. The van der Waals surface area contributed by atoms with Gasteiger partial charge in [-0.3, -0.25) is 4.79 Å². The van der Waals surface area contributed by atoms with Gasteiger partial charge in [-0.25, -0.2) is 4.98 Å². The molecule has 0 spiro atoms. The highest BCUT2D eigenvalue weighted by Crippen LogP contribution is 2.40. The van der Waals surface area contributed by atoms with Gasteiger partial charge in [-0.2, -0.15) is 0 Å². The number of imidazole rings is 1. The summed E-state index contributed by atoms with van der Waals surface area (Å²) in [7, 11) is 1.96. The van der Waals surface area contributed by atoms with Gasteiger partial charge in [0.1, 0.15) is 11.6 Å². The van der Waals surface area contributed by atoms with Crippen LogP contribution >= 0.6 is 0 Å². The van der Waals surface area contributed by atoms with Crippen molar-refractivity contribution in [2.24, 2.45) is 13.0 Å². The van der Waals surface area contributed by atoms with Crippen LogP contribution in [0.3, 0.4) is 0 Å². The van der Waals surface area contributed by atoms with E-state index in [9.17, 15) is 4.79 Å². The minimum Gasteiger partial charge on any atom is -0.493 e. The van der Waals surface area contributed by atoms with Crippen molar-refractivity contribution in [2.45, 2.75) is 25.3 Å². The molecule has 5 nitrogen and oxygen atoms in total. The molecule has 0 radical (unpaired) electrons. The first-order valence-electron chi connectivity index (χ1n) is 7.68. The number of hydrogen-bond acceptors (Lipinski definition) is 3. The topological polar surface area (TPSA) is 56.2 Å². The van der Waals surface area contributed by atoms with E-state index in [1.54, 1.807) is 6.20 Å². The molecule has 1 amide bonds. The first kappa shape index (κ1) is 14.6. The molecule has 0 saturated heterocycles. The van der Waals surface area contributed by atoms with Crippen LogP contribution in [-0.4, -0.2) is 22.1 Å². The van der Waals surface area contributed by atoms with E-state index in [1.165, 1.54) is 0 Å². The van der Waals surface area contributed by atoms with Crippen molar-refractivity contribution in [3.8, 4) is 5.75 Å². The molecule has 1 aromatic carbocycles. The standard InChI is InChI=1S/C17H21N3O2/c1-20-11-10-18-17(20)16(13-7-8-13)19-15(21)9-12-22-14-5-3-2-4-6-14/h2-6,10-11,13,16H,7-9,12H2,1H3,(H,19,21). The molecule has 0 bridgehead atoms. The number of aromatic nitrogens is 2. The molecule has 1 fully saturated rings. The molecule has 5 heteroatoms. The minimum absolute atomic E-state index is 0.0100. The monoisotopic (exact) mass is 299 g/mol. The van der Waals surface area contributed by atoms with Crippen LogP contribution in [0.4, 0.5) is 0 Å². The van der Waals surface area contributed by atoms with Crippen molar-refractivity contribution in [3.63, 3.8) is 0 Å². The van der Waals surface area contributed by atoms with Crippen molar-refractivity contribution >= 4 is 5.91 Å². The van der Waals surface area contributed by atoms with Crippen molar-refractivity contribution in [1.82, 2.24) is 14.9 Å². The molecular weight excluding hydrogens is 278 g/mol. The summed E-state index contributed by atoms with van der Waals surface area (Å²) in [6, 6.07) is 9.56. The zero-order valence-corrected chi connectivity index (χ0v) is 12.7. The fourth-order valence-electron chi connectivity index (χ4n) is 2.52. The molecule has 2 aromatic rings. The van der Waals surface area contributed by atoms with Crippen LogP contribution in [0.25, 0.3) is 0 Å². The predicted octanol–water partition coefficient (Wildman–Crippen LogP) is 2.46. The van der Waals surface area contributed by atoms with E-state index in [0.29, 0.717) is 18.9 Å². The number of para-hydroxylation sites is 1. The second kappa shape index (κ2) is 6.64. The van der Waals surface area contributed by atoms with Crippen LogP contribution in [0.1, 0.15) is 31.1 Å². The lowest BCUT2D eigenvalue weighted by molar-refractivity contribution is -0.122. The second-order valence-corrected chi connectivity index (χ2v) is 5.69. The van der Waals surface area contributed by atoms with Gasteiger partial charge in [0.05, 0.1) is 19.1 Å². The maximum Gasteiger partial charge on any atom is 0.224 e. The highest BCUT2D eigenvalue weighted by atomic mass is 16.5. The molecule has 1 heterocycles. The van der Waals surface area contributed by atoms with E-state index in [-0.39, 0.29) is 11.9 Å². The number of amides is 1. The zero-order chi connectivity index (χ0) is 15.4. The van der Waals surface area contributed by atoms with Gasteiger partial charge >= 0.3 is 0 Å². The fraction of sp³-hybridized carbons (Fsp3) is 0.412. The molecule has 1 saturated carbocycles. The van der Waals surface area contributed by atoms with Crippen LogP contribution in [0.5, 0.6) is 5.75 Å². The summed E-state index contributed by atoms with van der Waals surface area (Å²) in [6.07, 6.45) is 6.34. The quantitative estimate of drug-likeness (QED) is 0.854. The SMILES string of the molecule is Cn1ccnc1C(NC(=O)CCOc1ccccc1)C1CC1. The molecule has 0 aliphatic heterocycles. The van der Waals surface area contributed by atoms with Gasteiger partial charge in [0.25, 0.3) is 0 Å². The lowest BCUT2D eigenvalue weighted by Crippen LogP contribution is -2.32. The summed E-state index contributed by atoms with van der Waals surface area (Å²) < 4.78 is 7.54. The number of benzene rings is 1. The Morgan fingerprint density at radius 3 is 2.82 bits per heavy atom. The van der Waals surface area contributed by atoms with E-state index in [1.807, 2.05) is 48.1 Å². The Balaban J connectivity index is 1.51. The van der Waals surface area contributed by atoms with E-state index in [2.05, 4.69) is 10.3 Å². The van der Waals surface area contributed by atoms with Crippen molar-refractivity contribution in [3.05, 3.63) is 48.5 Å². The van der Waals surface area contributed by atoms with E-state index >= 15 is 0 Å². The normalized spacial score (nSPS) is 15.3. The number of nitrogens with zero attached hydrogens (tertiary/aromatic N) is 2. The van der Waals surface area contributed by atoms with Crippen LogP contribution in [0, 0.1) is 5.92 Å². The number of nitrogens with one attached hydrogen (secondary N) is 1. The third-order valence-electron chi connectivity index (χ3n) is 3.89. The Hall–Kier alpha value is -2.30. The van der Waals surface area contributed by atoms with Crippen LogP contribution in [-0.2, 0) is 11.8 Å². The van der Waals surface area contributed by atoms with E-state index in [4.69, 9.17) is 4.74 Å². The highest BCUT2D eigenvalue weighted by Gasteiger charge is 2.35. The zero-order valence-electron chi connectivity index (χ0n) is 12.7. The van der Waals surface area contributed by atoms with Gasteiger partial charge in [0.15, 0.2) is 0 Å². The smallest absolute Gasteiger partial charge is 0.224 e. The molecule has 22 heavy (non-hydrogen) atoms. The highest BCUT2D eigenvalue weighted by molar-refractivity contribution is 5.76. The van der Waals surface area contributed by atoms with Gasteiger partial charge in [-0.05, 0) is 30.9 Å². The lowest BCUT2D eigenvalue weighted by atomic mass is 10.1. The van der Waals surface area contributed by atoms with Gasteiger partial charge in [0, 0.05) is 19.4 Å². The minimum atomic E-state index is 0.0100. The number of carbonyl (C=O) groups excluding carboxylic acids is 1. The van der Waals surface area contributed by atoms with Crippen LogP contribution < -0.4 is 10.1 Å². The summed E-state index contributed by atoms with van der Waals surface area (Å²) in [5.74, 6) is 2.24. The second-order valence-electron chi connectivity index (χ2n) is 5.69. The summed E-state index contributed by atoms with van der Waals surface area (Å²) in [4.78, 5) is 16.5. The van der Waals surface area contributed by atoms with Crippen molar-refractivity contribution in [1.29, 1.82) is 0 Å². The molecule has 1 atom stereocenters. The van der Waals surface area contributed by atoms with Gasteiger partial charge < -0.3 is 14.6 Å². The van der Waals surface area contributed by atoms with Gasteiger partial charge in [-0.1, -0.05) is 18.2 Å². The summed E-state index contributed by atoms with van der Waals surface area (Å²) >= 11 is 0. The average molecular weight is 299 g/mol. The van der Waals surface area contributed by atoms with E-state index < -0.39 is 0 Å². The number of ether oxygens (including phenoxy) is 1. The van der Waals surface area contributed by atoms with Crippen molar-refractivity contribution < 1.29 is 9.53 Å². The largest absolute Gasteiger partial charge is 0.493 e. The molecule has 116 valence electrons. The Morgan fingerprint density at radius 1 is 1.41 bits per heavy atom. The molecule has 1 aliphatic rings. The average Bonchev–Trinajstić information content (AvgIpc) is 3.28. The molecule has 1 aromatic heterocycles. The van der Waals surface area contributed by atoms with Gasteiger partial charge in [0.2, 0.25) is 5.91 Å². The Morgan fingerprint density at radius 2 is 2.18 bits per heavy atom. The number of hydrogen-bond donors (Lipinski definition) is 1. The summed E-state index contributed by atoms with van der Waals surface area (Å²) in [6.45, 7) is 0.383. The molecular formula is C17H21N3O2. The molecule has 1 aliphatic carbocycles. The predicted molar refractivity (Wildman–Crippen MR) is 83.4 cm³/mol. The van der Waals surface area contributed by atoms with Gasteiger partial charge in [-0.15, -0.1) is 0 Å². The Labute approximate surface area is 130 Å². The van der Waals surface area contributed by atoms with Crippen LogP contribution in [0.2, 0.25) is 0 Å². The number of rotatable bonds is 7. The summed E-state index contributed by atoms with van der Waals surface area (Å²) in [5.41, 5.74) is 0. The Kier molecular flexibility index (Phi) is 4.42. The maximum absolute atomic E-state index is 12.2. The molecule has 3 rings (SSSR count). The summed E-state index contributed by atoms with van der Waals surface area (Å²) in [5, 5.41) is 3.11. The molecule has 1 N–H and O–H groups in total. The van der Waals surface area contributed by atoms with E-state index in [0.717, 1.165) is 24.4 Å². The maximum atomic E-state index is 12.2. The number of aryl methyl sites for hydroxylation is 1. The first-order chi connectivity index (χ1) is 10.7. The van der Waals surface area contributed by atoms with Crippen molar-refractivity contribution in [2.75, 3.05) is 6.61 Å². The third kappa shape index (κ3) is 3.67. The lowest BCUT2D eigenvalue weighted by Gasteiger charge is -2.18. The first-order valence-corrected chi connectivity index (χ1v) is 7.68. The number of carbonyl (C=O) groups is 1. The Bertz CT molecular complexity index is 620. The fourth-order valence-corrected chi connectivity index (χ4v) is 2.52.